The number of aryl methyl sites for hydroxylation is 1. The van der Waals surface area contributed by atoms with E-state index in [0.29, 0.717) is 17.6 Å². The summed E-state index contributed by atoms with van der Waals surface area (Å²) in [6, 6.07) is 1.73. The molecule has 0 atom stereocenters. The number of imidazole rings is 1. The first-order chi connectivity index (χ1) is 8.13. The van der Waals surface area contributed by atoms with Crippen molar-refractivity contribution < 1.29 is 9.53 Å². The Labute approximate surface area is 97.4 Å². The number of fused-ring (bicyclic) bond motifs is 1. The smallest absolute Gasteiger partial charge is 0.326 e. The zero-order valence-corrected chi connectivity index (χ0v) is 9.71. The van der Waals surface area contributed by atoms with Crippen LogP contribution in [-0.2, 0) is 23.1 Å². The van der Waals surface area contributed by atoms with Gasteiger partial charge in [0, 0.05) is 13.2 Å². The lowest BCUT2D eigenvalue weighted by Crippen LogP contribution is -2.20. The number of carbonyl (C=O) groups excluding carboxylic acids is 1. The minimum Gasteiger partial charge on any atom is -0.465 e. The van der Waals surface area contributed by atoms with Crippen LogP contribution in [0.15, 0.2) is 23.4 Å². The SMILES string of the molecule is CCOC(=O)Cn1cnc2ccn(C)c(=O)c21. The van der Waals surface area contributed by atoms with Crippen LogP contribution >= 0.6 is 0 Å². The van der Waals surface area contributed by atoms with E-state index in [9.17, 15) is 9.59 Å². The molecule has 0 aromatic carbocycles. The number of hydrogen-bond donors (Lipinski definition) is 0. The van der Waals surface area contributed by atoms with Crippen LogP contribution in [0.25, 0.3) is 11.0 Å². The van der Waals surface area contributed by atoms with Gasteiger partial charge in [0.15, 0.2) is 0 Å². The number of pyridine rings is 1. The van der Waals surface area contributed by atoms with Crippen LogP contribution < -0.4 is 5.56 Å². The van der Waals surface area contributed by atoms with Gasteiger partial charge in [0.25, 0.3) is 5.56 Å². The zero-order valence-electron chi connectivity index (χ0n) is 9.71. The van der Waals surface area contributed by atoms with Crippen LogP contribution in [0.3, 0.4) is 0 Å². The van der Waals surface area contributed by atoms with Gasteiger partial charge in [0.2, 0.25) is 0 Å². The summed E-state index contributed by atoms with van der Waals surface area (Å²) in [4.78, 5) is 27.3. The van der Waals surface area contributed by atoms with Crippen LogP contribution in [-0.4, -0.2) is 26.7 Å². The fourth-order valence-corrected chi connectivity index (χ4v) is 1.64. The summed E-state index contributed by atoms with van der Waals surface area (Å²) >= 11 is 0. The molecule has 0 spiro atoms. The second kappa shape index (κ2) is 4.40. The molecule has 0 fully saturated rings. The van der Waals surface area contributed by atoms with Crippen LogP contribution in [0.1, 0.15) is 6.92 Å². The molecule has 2 aromatic rings. The predicted molar refractivity (Wildman–Crippen MR) is 61.6 cm³/mol. The van der Waals surface area contributed by atoms with E-state index in [4.69, 9.17) is 4.74 Å². The number of aromatic nitrogens is 3. The fourth-order valence-electron chi connectivity index (χ4n) is 1.64. The van der Waals surface area contributed by atoms with Gasteiger partial charge in [0.05, 0.1) is 18.5 Å². The highest BCUT2D eigenvalue weighted by Gasteiger charge is 2.11. The molecule has 17 heavy (non-hydrogen) atoms. The summed E-state index contributed by atoms with van der Waals surface area (Å²) in [7, 11) is 1.66. The summed E-state index contributed by atoms with van der Waals surface area (Å²) in [5.74, 6) is -0.377. The average molecular weight is 235 g/mol. The number of nitrogens with zero attached hydrogens (tertiary/aromatic N) is 3. The van der Waals surface area contributed by atoms with Crippen LogP contribution in [0, 0.1) is 0 Å². The summed E-state index contributed by atoms with van der Waals surface area (Å²) < 4.78 is 7.80. The van der Waals surface area contributed by atoms with Gasteiger partial charge in [-0.05, 0) is 13.0 Å². The van der Waals surface area contributed by atoms with Crippen molar-refractivity contribution in [3.05, 3.63) is 28.9 Å². The molecule has 90 valence electrons. The molecular weight excluding hydrogens is 222 g/mol. The fraction of sp³-hybridized carbons (Fsp3) is 0.364. The molecule has 0 radical (unpaired) electrons. The number of hydrogen-bond acceptors (Lipinski definition) is 4. The highest BCUT2D eigenvalue weighted by atomic mass is 16.5. The Morgan fingerprint density at radius 2 is 2.29 bits per heavy atom. The number of ether oxygens (including phenoxy) is 1. The molecule has 0 N–H and O–H groups in total. The standard InChI is InChI=1S/C11H13N3O3/c1-3-17-9(15)6-14-7-12-8-4-5-13(2)11(16)10(8)14/h4-5,7H,3,6H2,1-2H3. The van der Waals surface area contributed by atoms with Crippen molar-refractivity contribution in [2.75, 3.05) is 6.61 Å². The second-order valence-electron chi connectivity index (χ2n) is 3.64. The van der Waals surface area contributed by atoms with Gasteiger partial charge in [0.1, 0.15) is 12.1 Å². The van der Waals surface area contributed by atoms with Gasteiger partial charge in [-0.1, -0.05) is 0 Å². The van der Waals surface area contributed by atoms with E-state index < -0.39 is 0 Å². The van der Waals surface area contributed by atoms with E-state index in [1.807, 2.05) is 0 Å². The molecule has 0 aliphatic heterocycles. The Morgan fingerprint density at radius 3 is 3.00 bits per heavy atom. The largest absolute Gasteiger partial charge is 0.465 e. The van der Waals surface area contributed by atoms with Gasteiger partial charge in [-0.2, -0.15) is 0 Å². The van der Waals surface area contributed by atoms with E-state index >= 15 is 0 Å². The van der Waals surface area contributed by atoms with Gasteiger partial charge in [-0.25, -0.2) is 4.98 Å². The molecular formula is C11H13N3O3. The molecule has 6 nitrogen and oxygen atoms in total. The number of rotatable bonds is 3. The highest BCUT2D eigenvalue weighted by Crippen LogP contribution is 2.07. The lowest BCUT2D eigenvalue weighted by molar-refractivity contribution is -0.143. The molecule has 0 unspecified atom stereocenters. The Morgan fingerprint density at radius 1 is 1.53 bits per heavy atom. The summed E-state index contributed by atoms with van der Waals surface area (Å²) in [6.45, 7) is 2.07. The van der Waals surface area contributed by atoms with E-state index in [1.165, 1.54) is 15.5 Å². The lowest BCUT2D eigenvalue weighted by atomic mass is 10.4. The lowest BCUT2D eigenvalue weighted by Gasteiger charge is -2.04. The quantitative estimate of drug-likeness (QED) is 0.717. The van der Waals surface area contributed by atoms with Gasteiger partial charge in [-0.3, -0.25) is 9.59 Å². The maximum atomic E-state index is 11.9. The minimum absolute atomic E-state index is 0.00356. The van der Waals surface area contributed by atoms with Crippen LogP contribution in [0.4, 0.5) is 0 Å². The first-order valence-corrected chi connectivity index (χ1v) is 5.29. The van der Waals surface area contributed by atoms with Gasteiger partial charge in [-0.15, -0.1) is 0 Å². The molecule has 6 heteroatoms. The Kier molecular flexibility index (Phi) is 2.95. The Bertz CT molecular complexity index is 612. The Balaban J connectivity index is 2.45. The number of esters is 1. The molecule has 0 aliphatic carbocycles. The average Bonchev–Trinajstić information content (AvgIpc) is 2.68. The third kappa shape index (κ3) is 2.06. The van der Waals surface area contributed by atoms with Crippen molar-refractivity contribution in [2.45, 2.75) is 13.5 Å². The van der Waals surface area contributed by atoms with Crippen LogP contribution in [0.5, 0.6) is 0 Å². The molecule has 0 aliphatic rings. The van der Waals surface area contributed by atoms with Gasteiger partial charge < -0.3 is 13.9 Å². The van der Waals surface area contributed by atoms with E-state index in [2.05, 4.69) is 4.98 Å². The monoisotopic (exact) mass is 235 g/mol. The second-order valence-corrected chi connectivity index (χ2v) is 3.64. The van der Waals surface area contributed by atoms with Crippen molar-refractivity contribution in [1.29, 1.82) is 0 Å². The highest BCUT2D eigenvalue weighted by molar-refractivity contribution is 5.77. The van der Waals surface area contributed by atoms with Crippen molar-refractivity contribution in [3.8, 4) is 0 Å². The van der Waals surface area contributed by atoms with Crippen molar-refractivity contribution >= 4 is 17.0 Å². The van der Waals surface area contributed by atoms with Crippen molar-refractivity contribution in [2.24, 2.45) is 7.05 Å². The zero-order chi connectivity index (χ0) is 12.4. The maximum Gasteiger partial charge on any atom is 0.326 e. The minimum atomic E-state index is -0.377. The van der Waals surface area contributed by atoms with E-state index in [0.717, 1.165) is 0 Å². The molecule has 2 heterocycles. The first kappa shape index (κ1) is 11.4. The topological polar surface area (TPSA) is 66.1 Å². The third-order valence-corrected chi connectivity index (χ3v) is 2.45. The third-order valence-electron chi connectivity index (χ3n) is 2.45. The molecule has 0 saturated carbocycles. The van der Waals surface area contributed by atoms with Gasteiger partial charge >= 0.3 is 5.97 Å². The molecule has 0 bridgehead atoms. The van der Waals surface area contributed by atoms with E-state index in [-0.39, 0.29) is 18.1 Å². The molecule has 2 aromatic heterocycles. The Hall–Kier alpha value is -2.11. The normalized spacial score (nSPS) is 10.7. The first-order valence-electron chi connectivity index (χ1n) is 5.29. The van der Waals surface area contributed by atoms with E-state index in [1.54, 1.807) is 26.2 Å². The molecule has 0 amide bonds. The molecule has 2 rings (SSSR count). The van der Waals surface area contributed by atoms with Crippen LogP contribution in [0.2, 0.25) is 0 Å². The van der Waals surface area contributed by atoms with Crippen molar-refractivity contribution in [3.63, 3.8) is 0 Å². The molecule has 0 saturated heterocycles. The number of carbonyl (C=O) groups is 1. The summed E-state index contributed by atoms with van der Waals surface area (Å²) in [6.07, 6.45) is 3.12. The van der Waals surface area contributed by atoms with Crippen molar-refractivity contribution in [1.82, 2.24) is 14.1 Å². The predicted octanol–water partition coefficient (Wildman–Crippen LogP) is 0.298. The summed E-state index contributed by atoms with van der Waals surface area (Å²) in [5, 5.41) is 0. The maximum absolute atomic E-state index is 11.9. The summed E-state index contributed by atoms with van der Waals surface area (Å²) in [5.41, 5.74) is 0.824.